The Labute approximate surface area is 277 Å². The van der Waals surface area contributed by atoms with Crippen molar-refractivity contribution in [3.05, 3.63) is 131 Å². The molecule has 4 aromatic rings. The van der Waals surface area contributed by atoms with Gasteiger partial charge in [-0.15, -0.1) is 6.58 Å². The zero-order valence-corrected chi connectivity index (χ0v) is 30.9. The highest BCUT2D eigenvalue weighted by Gasteiger charge is 2.19. The minimum absolute atomic E-state index is 0.414. The molecule has 2 aromatic heterocycles. The van der Waals surface area contributed by atoms with Crippen LogP contribution in [0.1, 0.15) is 89.3 Å². The number of fused-ring (bicyclic) bond motifs is 1. The van der Waals surface area contributed by atoms with E-state index in [4.69, 9.17) is 0 Å². The van der Waals surface area contributed by atoms with Gasteiger partial charge in [0.05, 0.1) is 11.7 Å². The molecule has 1 unspecified atom stereocenters. The monoisotopic (exact) mass is 610 g/mol. The molecule has 1 N–H and O–H groups in total. The predicted octanol–water partition coefficient (Wildman–Crippen LogP) is 12.0. The standard InChI is InChI=1S/C16H16N2.C11H19N.C8H10.C3H6.2C2H6/c1-11-6-4-5-7-15(11)14-8-13(3)18-16(9-14)12(2)10-17-18;1-4-11(2)7-5-10(6-8-11)9-12-3;1-7-4-3-5-8(2)6-7;1-3-2;2*1-2/h4-10H,1-3H3;5-7,12H,4,8-9H2,1-3H3;3-6H,1-2H3;3H,1H2,2H3;2*1-2H3. The third-order valence-corrected chi connectivity index (χ3v) is 7.34. The van der Waals surface area contributed by atoms with Crippen LogP contribution in [0.25, 0.3) is 16.6 Å². The largest absolute Gasteiger partial charge is 0.316 e. The van der Waals surface area contributed by atoms with Gasteiger partial charge in [0.1, 0.15) is 0 Å². The molecule has 1 aliphatic rings. The van der Waals surface area contributed by atoms with Crippen LogP contribution in [-0.2, 0) is 0 Å². The first-order chi connectivity index (χ1) is 21.6. The molecule has 2 aromatic carbocycles. The lowest BCUT2D eigenvalue weighted by Crippen LogP contribution is -2.17. The normalized spacial score (nSPS) is 14.3. The fourth-order valence-corrected chi connectivity index (χ4v) is 4.64. The van der Waals surface area contributed by atoms with Crippen molar-refractivity contribution in [3.63, 3.8) is 0 Å². The van der Waals surface area contributed by atoms with Crippen molar-refractivity contribution in [2.24, 2.45) is 5.41 Å². The Bertz CT molecular complexity index is 1440. The number of pyridine rings is 1. The summed E-state index contributed by atoms with van der Waals surface area (Å²) in [5, 5.41) is 7.55. The van der Waals surface area contributed by atoms with Gasteiger partial charge in [-0.3, -0.25) is 0 Å². The smallest absolute Gasteiger partial charge is 0.0699 e. The molecular formula is C42H63N3. The fraction of sp³-hybridized carbons (Fsp3) is 0.405. The van der Waals surface area contributed by atoms with E-state index in [1.54, 1.807) is 6.08 Å². The average Bonchev–Trinajstić information content (AvgIpc) is 3.42. The first-order valence-corrected chi connectivity index (χ1v) is 16.7. The van der Waals surface area contributed by atoms with Crippen molar-refractivity contribution < 1.29 is 0 Å². The van der Waals surface area contributed by atoms with Gasteiger partial charge >= 0.3 is 0 Å². The van der Waals surface area contributed by atoms with Crippen LogP contribution in [0.5, 0.6) is 0 Å². The molecule has 0 aliphatic heterocycles. The van der Waals surface area contributed by atoms with Crippen LogP contribution in [0.15, 0.2) is 103 Å². The minimum atomic E-state index is 0.414. The minimum Gasteiger partial charge on any atom is -0.316 e. The van der Waals surface area contributed by atoms with Gasteiger partial charge in [-0.05, 0) is 107 Å². The average molecular weight is 610 g/mol. The molecule has 0 amide bonds. The van der Waals surface area contributed by atoms with Crippen LogP contribution in [0, 0.1) is 40.0 Å². The lowest BCUT2D eigenvalue weighted by molar-refractivity contribution is 0.411. The Morgan fingerprint density at radius 3 is 1.96 bits per heavy atom. The van der Waals surface area contributed by atoms with Crippen molar-refractivity contribution in [1.29, 1.82) is 0 Å². The summed E-state index contributed by atoms with van der Waals surface area (Å²) in [6.07, 6.45) is 13.0. The van der Waals surface area contributed by atoms with Gasteiger partial charge in [0.25, 0.3) is 0 Å². The fourth-order valence-electron chi connectivity index (χ4n) is 4.64. The molecule has 0 bridgehead atoms. The van der Waals surface area contributed by atoms with Gasteiger partial charge in [0, 0.05) is 12.2 Å². The maximum Gasteiger partial charge on any atom is 0.0699 e. The van der Waals surface area contributed by atoms with E-state index in [9.17, 15) is 0 Å². The van der Waals surface area contributed by atoms with Crippen molar-refractivity contribution in [2.45, 2.75) is 95.9 Å². The van der Waals surface area contributed by atoms with Gasteiger partial charge in [-0.25, -0.2) is 4.52 Å². The summed E-state index contributed by atoms with van der Waals surface area (Å²) in [6.45, 7) is 29.4. The second-order valence-corrected chi connectivity index (χ2v) is 11.2. The summed E-state index contributed by atoms with van der Waals surface area (Å²) in [6, 6.07) is 21.4. The van der Waals surface area contributed by atoms with E-state index >= 15 is 0 Å². The number of nitrogens with one attached hydrogen (secondary N) is 1. The summed E-state index contributed by atoms with van der Waals surface area (Å²) >= 11 is 0. The van der Waals surface area contributed by atoms with Crippen molar-refractivity contribution in [2.75, 3.05) is 13.6 Å². The van der Waals surface area contributed by atoms with Crippen molar-refractivity contribution in [1.82, 2.24) is 14.9 Å². The Hall–Kier alpha value is -3.69. The molecule has 3 nitrogen and oxygen atoms in total. The Morgan fingerprint density at radius 1 is 0.889 bits per heavy atom. The Balaban J connectivity index is 0.000000622. The number of hydrogen-bond donors (Lipinski definition) is 1. The zero-order valence-electron chi connectivity index (χ0n) is 30.9. The lowest BCUT2D eigenvalue weighted by atomic mass is 9.80. The Morgan fingerprint density at radius 2 is 1.49 bits per heavy atom. The van der Waals surface area contributed by atoms with Crippen LogP contribution >= 0.6 is 0 Å². The highest BCUT2D eigenvalue weighted by molar-refractivity contribution is 5.73. The molecule has 45 heavy (non-hydrogen) atoms. The van der Waals surface area contributed by atoms with E-state index in [0.717, 1.165) is 6.54 Å². The number of aromatic nitrogens is 2. The highest BCUT2D eigenvalue weighted by atomic mass is 15.2. The molecule has 0 saturated carbocycles. The van der Waals surface area contributed by atoms with E-state index in [2.05, 4.69) is 144 Å². The summed E-state index contributed by atoms with van der Waals surface area (Å²) in [7, 11) is 1.99. The second-order valence-electron chi connectivity index (χ2n) is 11.2. The third-order valence-electron chi connectivity index (χ3n) is 7.34. The molecule has 1 aliphatic carbocycles. The molecule has 3 heteroatoms. The Kier molecular flexibility index (Phi) is 20.9. The zero-order chi connectivity index (χ0) is 34.4. The number of likely N-dealkylation sites (N-methyl/N-ethyl adjacent to an activating group) is 1. The number of aryl methyl sites for hydroxylation is 5. The number of allylic oxidation sites excluding steroid dienone is 3. The van der Waals surface area contributed by atoms with E-state index in [-0.39, 0.29) is 0 Å². The summed E-state index contributed by atoms with van der Waals surface area (Å²) < 4.78 is 2.00. The van der Waals surface area contributed by atoms with E-state index < -0.39 is 0 Å². The molecule has 2 heterocycles. The van der Waals surface area contributed by atoms with Crippen molar-refractivity contribution >= 4 is 5.52 Å². The van der Waals surface area contributed by atoms with Crippen LogP contribution in [0.3, 0.4) is 0 Å². The molecule has 5 rings (SSSR count). The molecule has 0 saturated heterocycles. The van der Waals surface area contributed by atoms with E-state index in [1.165, 1.54) is 63.0 Å². The van der Waals surface area contributed by atoms with Crippen LogP contribution in [-0.4, -0.2) is 23.2 Å². The summed E-state index contributed by atoms with van der Waals surface area (Å²) in [5.74, 6) is 0. The molecule has 0 fully saturated rings. The van der Waals surface area contributed by atoms with E-state index in [0.29, 0.717) is 5.41 Å². The van der Waals surface area contributed by atoms with Gasteiger partial charge in [-0.2, -0.15) is 5.10 Å². The quantitative estimate of drug-likeness (QED) is 0.233. The predicted molar refractivity (Wildman–Crippen MR) is 203 cm³/mol. The molecule has 1 atom stereocenters. The first kappa shape index (κ1) is 41.3. The maximum atomic E-state index is 4.39. The van der Waals surface area contributed by atoms with Crippen LogP contribution in [0.2, 0.25) is 0 Å². The van der Waals surface area contributed by atoms with Gasteiger partial charge < -0.3 is 5.32 Å². The summed E-state index contributed by atoms with van der Waals surface area (Å²) in [5.41, 5.74) is 11.9. The molecular weight excluding hydrogens is 546 g/mol. The third kappa shape index (κ3) is 14.3. The van der Waals surface area contributed by atoms with Gasteiger partial charge in [0.15, 0.2) is 0 Å². The van der Waals surface area contributed by atoms with Gasteiger partial charge in [-0.1, -0.05) is 126 Å². The summed E-state index contributed by atoms with van der Waals surface area (Å²) in [4.78, 5) is 0. The van der Waals surface area contributed by atoms with Crippen LogP contribution < -0.4 is 5.32 Å². The molecule has 246 valence electrons. The molecule has 0 radical (unpaired) electrons. The topological polar surface area (TPSA) is 29.3 Å². The number of nitrogens with zero attached hydrogens (tertiary/aromatic N) is 2. The van der Waals surface area contributed by atoms with Crippen molar-refractivity contribution in [3.8, 4) is 11.1 Å². The number of hydrogen-bond acceptors (Lipinski definition) is 2. The highest BCUT2D eigenvalue weighted by Crippen LogP contribution is 2.32. The number of rotatable bonds is 4. The first-order valence-electron chi connectivity index (χ1n) is 16.7. The SMILES string of the molecule is C=CC.CC.CC.CCC1(C)C=CC(CNC)=CC1.Cc1cccc(C)c1.Cc1ccccc1-c1cc(C)n2ncc(C)c2c1. The molecule has 0 spiro atoms. The number of benzene rings is 2. The second kappa shape index (κ2) is 22.8. The van der Waals surface area contributed by atoms with Crippen LogP contribution in [0.4, 0.5) is 0 Å². The van der Waals surface area contributed by atoms with E-state index in [1.807, 2.05) is 52.4 Å². The van der Waals surface area contributed by atoms with Gasteiger partial charge in [0.2, 0.25) is 0 Å². The lowest BCUT2D eigenvalue weighted by Gasteiger charge is -2.26. The maximum absolute atomic E-state index is 4.39.